The van der Waals surface area contributed by atoms with Gasteiger partial charge < -0.3 is 14.2 Å². The highest BCUT2D eigenvalue weighted by atomic mass is 16.5. The smallest absolute Gasteiger partial charge is 0.261 e. The van der Waals surface area contributed by atoms with Crippen molar-refractivity contribution in [1.82, 2.24) is 4.90 Å². The normalized spacial score (nSPS) is 12.5. The summed E-state index contributed by atoms with van der Waals surface area (Å²) in [7, 11) is 1.46. The van der Waals surface area contributed by atoms with Crippen molar-refractivity contribution in [3.63, 3.8) is 0 Å². The fourth-order valence-electron chi connectivity index (χ4n) is 3.75. The van der Waals surface area contributed by atoms with E-state index in [2.05, 4.69) is 0 Å². The van der Waals surface area contributed by atoms with E-state index >= 15 is 0 Å². The molecule has 1 aliphatic heterocycles. The zero-order valence-corrected chi connectivity index (χ0v) is 19.6. The van der Waals surface area contributed by atoms with Crippen LogP contribution in [0, 0.1) is 13.8 Å². The third kappa shape index (κ3) is 4.73. The van der Waals surface area contributed by atoms with Gasteiger partial charge in [-0.15, -0.1) is 0 Å². The Hall–Kier alpha value is -4.58. The lowest BCUT2D eigenvalue weighted by Gasteiger charge is -2.13. The topological polar surface area (TPSA) is 65.1 Å². The number of hydrogen-bond acceptors (Lipinski definition) is 5. The van der Waals surface area contributed by atoms with Gasteiger partial charge in [0.05, 0.1) is 11.1 Å². The van der Waals surface area contributed by atoms with Crippen molar-refractivity contribution in [2.24, 2.45) is 0 Å². The average Bonchev–Trinajstić information content (AvgIpc) is 3.05. The maximum Gasteiger partial charge on any atom is 0.261 e. The number of benzene rings is 4. The van der Waals surface area contributed by atoms with Crippen LogP contribution in [0.4, 0.5) is 0 Å². The van der Waals surface area contributed by atoms with Crippen LogP contribution in [0.2, 0.25) is 0 Å². The summed E-state index contributed by atoms with van der Waals surface area (Å²) in [4.78, 5) is 25.7. The van der Waals surface area contributed by atoms with Gasteiger partial charge in [0.25, 0.3) is 11.8 Å². The molecule has 0 unspecified atom stereocenters. The predicted molar refractivity (Wildman–Crippen MR) is 132 cm³/mol. The van der Waals surface area contributed by atoms with Gasteiger partial charge in [0.2, 0.25) is 0 Å². The molecule has 0 atom stereocenters. The fraction of sp³-hybridized carbons (Fsp3) is 0.103. The Labute approximate surface area is 203 Å². The quantitative estimate of drug-likeness (QED) is 0.290. The van der Waals surface area contributed by atoms with Crippen LogP contribution >= 0.6 is 0 Å². The number of nitrogens with zero attached hydrogens (tertiary/aromatic N) is 1. The maximum atomic E-state index is 12.4. The minimum Gasteiger partial charge on any atom is -0.457 e. The van der Waals surface area contributed by atoms with Crippen molar-refractivity contribution in [1.29, 1.82) is 0 Å². The summed E-state index contributed by atoms with van der Waals surface area (Å²) in [6, 6.07) is 25.6. The molecule has 0 saturated heterocycles. The zero-order valence-electron chi connectivity index (χ0n) is 19.6. The molecule has 0 aliphatic carbocycles. The summed E-state index contributed by atoms with van der Waals surface area (Å²) >= 11 is 0. The Balaban J connectivity index is 1.47. The number of carbonyl (C=O) groups is 2. The van der Waals surface area contributed by atoms with E-state index in [0.29, 0.717) is 45.6 Å². The van der Waals surface area contributed by atoms with Crippen LogP contribution in [0.5, 0.6) is 34.5 Å². The molecule has 4 aromatic rings. The number of amides is 2. The second kappa shape index (κ2) is 8.99. The van der Waals surface area contributed by atoms with Gasteiger partial charge in [-0.2, -0.15) is 0 Å². The average molecular weight is 466 g/mol. The SMILES string of the molecule is Cc1ccc(Oc2cc(Oc3ccc(C)cc3)cc(Oc3ccc4c(c3)C(=O)N(C)C4=O)c2)cc1. The van der Waals surface area contributed by atoms with Crippen molar-refractivity contribution >= 4 is 11.8 Å². The molecule has 174 valence electrons. The first-order valence-corrected chi connectivity index (χ1v) is 11.1. The summed E-state index contributed by atoms with van der Waals surface area (Å²) < 4.78 is 18.2. The monoisotopic (exact) mass is 465 g/mol. The Kier molecular flexibility index (Phi) is 5.71. The highest BCUT2D eigenvalue weighted by Crippen LogP contribution is 2.36. The molecule has 4 aromatic carbocycles. The summed E-state index contributed by atoms with van der Waals surface area (Å²) in [6.07, 6.45) is 0. The van der Waals surface area contributed by atoms with E-state index in [1.54, 1.807) is 36.4 Å². The number of aryl methyl sites for hydroxylation is 2. The molecule has 1 heterocycles. The Morgan fingerprint density at radius 2 is 0.886 bits per heavy atom. The molecule has 0 N–H and O–H groups in total. The highest BCUT2D eigenvalue weighted by molar-refractivity contribution is 6.21. The van der Waals surface area contributed by atoms with Crippen molar-refractivity contribution in [3.05, 3.63) is 107 Å². The molecule has 5 rings (SSSR count). The van der Waals surface area contributed by atoms with Crippen molar-refractivity contribution in [2.45, 2.75) is 13.8 Å². The van der Waals surface area contributed by atoms with Crippen LogP contribution in [0.1, 0.15) is 31.8 Å². The van der Waals surface area contributed by atoms with E-state index in [1.165, 1.54) is 7.05 Å². The molecular formula is C29H23NO5. The van der Waals surface area contributed by atoms with Gasteiger partial charge in [-0.1, -0.05) is 35.4 Å². The molecule has 1 aliphatic rings. The van der Waals surface area contributed by atoms with Gasteiger partial charge in [0, 0.05) is 25.2 Å². The van der Waals surface area contributed by atoms with Crippen LogP contribution in [-0.4, -0.2) is 23.8 Å². The molecular weight excluding hydrogens is 442 g/mol. The fourth-order valence-corrected chi connectivity index (χ4v) is 3.75. The first-order chi connectivity index (χ1) is 16.9. The predicted octanol–water partition coefficient (Wildman–Crippen LogP) is 6.91. The van der Waals surface area contributed by atoms with E-state index in [0.717, 1.165) is 16.0 Å². The molecule has 6 heteroatoms. The standard InChI is InChI=1S/C29H23NO5/c1-18-4-8-20(9-5-18)33-23-14-24(34-21-10-6-19(2)7-11-21)16-25(15-23)35-22-12-13-26-27(17-22)29(32)30(3)28(26)31/h4-17H,1-3H3. The molecule has 6 nitrogen and oxygen atoms in total. The zero-order chi connectivity index (χ0) is 24.5. The van der Waals surface area contributed by atoms with Crippen LogP contribution in [0.15, 0.2) is 84.9 Å². The number of carbonyl (C=O) groups excluding carboxylic acids is 2. The molecule has 0 radical (unpaired) electrons. The van der Waals surface area contributed by atoms with Gasteiger partial charge >= 0.3 is 0 Å². The number of imide groups is 1. The summed E-state index contributed by atoms with van der Waals surface area (Å²) in [6.45, 7) is 4.02. The van der Waals surface area contributed by atoms with Gasteiger partial charge in [-0.3, -0.25) is 14.5 Å². The third-order valence-corrected chi connectivity index (χ3v) is 5.66. The van der Waals surface area contributed by atoms with Crippen LogP contribution in [-0.2, 0) is 0 Å². The highest BCUT2D eigenvalue weighted by Gasteiger charge is 2.33. The minimum absolute atomic E-state index is 0.318. The van der Waals surface area contributed by atoms with Gasteiger partial charge in [0.1, 0.15) is 34.5 Å². The maximum absolute atomic E-state index is 12.4. The van der Waals surface area contributed by atoms with E-state index < -0.39 is 0 Å². The van der Waals surface area contributed by atoms with E-state index in [9.17, 15) is 9.59 Å². The second-order valence-corrected chi connectivity index (χ2v) is 8.45. The van der Waals surface area contributed by atoms with Crippen LogP contribution in [0.25, 0.3) is 0 Å². The molecule has 0 fully saturated rings. The van der Waals surface area contributed by atoms with E-state index in [-0.39, 0.29) is 11.8 Å². The minimum atomic E-state index is -0.352. The second-order valence-electron chi connectivity index (χ2n) is 8.45. The van der Waals surface area contributed by atoms with E-state index in [1.807, 2.05) is 62.4 Å². The lowest BCUT2D eigenvalue weighted by atomic mass is 10.1. The molecule has 2 amide bonds. The molecule has 0 bridgehead atoms. The number of fused-ring (bicyclic) bond motifs is 1. The van der Waals surface area contributed by atoms with Crippen molar-refractivity contribution in [3.8, 4) is 34.5 Å². The lowest BCUT2D eigenvalue weighted by molar-refractivity contribution is 0.0693. The van der Waals surface area contributed by atoms with Crippen LogP contribution in [0.3, 0.4) is 0 Å². The van der Waals surface area contributed by atoms with Crippen molar-refractivity contribution in [2.75, 3.05) is 7.05 Å². The van der Waals surface area contributed by atoms with Gasteiger partial charge in [0.15, 0.2) is 0 Å². The Bertz CT molecular complexity index is 1360. The first kappa shape index (κ1) is 22.2. The lowest BCUT2D eigenvalue weighted by Crippen LogP contribution is -2.24. The Morgan fingerprint density at radius 3 is 1.37 bits per heavy atom. The summed E-state index contributed by atoms with van der Waals surface area (Å²) in [5.74, 6) is 2.63. The Morgan fingerprint density at radius 1 is 0.486 bits per heavy atom. The summed E-state index contributed by atoms with van der Waals surface area (Å²) in [5.41, 5.74) is 2.95. The molecule has 0 spiro atoms. The molecule has 0 saturated carbocycles. The van der Waals surface area contributed by atoms with Gasteiger partial charge in [-0.05, 0) is 56.3 Å². The largest absolute Gasteiger partial charge is 0.457 e. The first-order valence-electron chi connectivity index (χ1n) is 11.1. The van der Waals surface area contributed by atoms with E-state index in [4.69, 9.17) is 14.2 Å². The molecule has 0 aromatic heterocycles. The number of hydrogen-bond donors (Lipinski definition) is 0. The summed E-state index contributed by atoms with van der Waals surface area (Å²) in [5, 5.41) is 0. The third-order valence-electron chi connectivity index (χ3n) is 5.66. The number of rotatable bonds is 6. The van der Waals surface area contributed by atoms with Crippen LogP contribution < -0.4 is 14.2 Å². The van der Waals surface area contributed by atoms with Gasteiger partial charge in [-0.25, -0.2) is 0 Å². The molecule has 35 heavy (non-hydrogen) atoms. The number of ether oxygens (including phenoxy) is 3. The van der Waals surface area contributed by atoms with Crippen molar-refractivity contribution < 1.29 is 23.8 Å².